The molecule has 8 heteroatoms. The van der Waals surface area contributed by atoms with Gasteiger partial charge in [0.1, 0.15) is 0 Å². The number of aryl methyl sites for hydroxylation is 1. The Morgan fingerprint density at radius 2 is 2.00 bits per heavy atom. The molecule has 0 saturated carbocycles. The molecule has 0 aliphatic rings. The lowest BCUT2D eigenvalue weighted by Gasteiger charge is -2.08. The number of methoxy groups -OCH3 is 1. The minimum absolute atomic E-state index is 0.0886. The van der Waals surface area contributed by atoms with Gasteiger partial charge in [-0.1, -0.05) is 12.1 Å². The van der Waals surface area contributed by atoms with Gasteiger partial charge in [-0.05, 0) is 12.1 Å². The number of aromatic nitrogens is 2. The molecule has 0 fully saturated rings. The predicted molar refractivity (Wildman–Crippen MR) is 88.5 cm³/mol. The Hall–Kier alpha value is -2.74. The molecule has 1 aromatic heterocycles. The smallest absolute Gasteiger partial charge is 0.261 e. The summed E-state index contributed by atoms with van der Waals surface area (Å²) in [5.41, 5.74) is 0.432. The van der Waals surface area contributed by atoms with E-state index in [-0.39, 0.29) is 36.9 Å². The number of benzene rings is 1. The molecule has 2 amide bonds. The second-order valence-electron chi connectivity index (χ2n) is 5.13. The van der Waals surface area contributed by atoms with Crippen LogP contribution in [-0.2, 0) is 20.9 Å². The summed E-state index contributed by atoms with van der Waals surface area (Å²) in [5, 5.41) is 5.62. The van der Waals surface area contributed by atoms with E-state index in [1.165, 1.54) is 18.0 Å². The maximum atomic E-state index is 12.3. The van der Waals surface area contributed by atoms with Crippen LogP contribution in [0.5, 0.6) is 0 Å². The highest BCUT2D eigenvalue weighted by Crippen LogP contribution is 2.04. The van der Waals surface area contributed by atoms with E-state index < -0.39 is 0 Å². The molecule has 1 aromatic carbocycles. The highest BCUT2D eigenvalue weighted by atomic mass is 16.5. The number of nitrogens with one attached hydrogen (secondary N) is 2. The van der Waals surface area contributed by atoms with E-state index in [4.69, 9.17) is 4.74 Å². The molecule has 2 aromatic rings. The van der Waals surface area contributed by atoms with Crippen LogP contribution in [0.2, 0.25) is 0 Å². The maximum Gasteiger partial charge on any atom is 0.261 e. The summed E-state index contributed by atoms with van der Waals surface area (Å²) in [6.07, 6.45) is 1.51. The van der Waals surface area contributed by atoms with Crippen molar-refractivity contribution in [1.29, 1.82) is 0 Å². The summed E-state index contributed by atoms with van der Waals surface area (Å²) >= 11 is 0. The average molecular weight is 332 g/mol. The number of fused-ring (bicyclic) bond motifs is 1. The lowest BCUT2D eigenvalue weighted by atomic mass is 10.2. The molecule has 0 radical (unpaired) electrons. The first-order valence-corrected chi connectivity index (χ1v) is 7.58. The number of para-hydroxylation sites is 1. The van der Waals surface area contributed by atoms with Crippen molar-refractivity contribution in [2.75, 3.05) is 26.8 Å². The summed E-state index contributed by atoms with van der Waals surface area (Å²) in [5.74, 6) is -0.595. The van der Waals surface area contributed by atoms with E-state index in [0.29, 0.717) is 24.1 Å². The Labute approximate surface area is 138 Å². The van der Waals surface area contributed by atoms with Crippen LogP contribution in [0.15, 0.2) is 35.4 Å². The van der Waals surface area contributed by atoms with Crippen LogP contribution < -0.4 is 16.2 Å². The van der Waals surface area contributed by atoms with Gasteiger partial charge in [0, 0.05) is 26.6 Å². The molecular weight excluding hydrogens is 312 g/mol. The molecule has 0 bridgehead atoms. The molecule has 2 N–H and O–H groups in total. The Morgan fingerprint density at radius 1 is 1.21 bits per heavy atom. The maximum absolute atomic E-state index is 12.3. The van der Waals surface area contributed by atoms with Crippen LogP contribution in [0, 0.1) is 0 Å². The molecule has 0 aliphatic carbocycles. The monoisotopic (exact) mass is 332 g/mol. The molecule has 2 rings (SSSR count). The largest absolute Gasteiger partial charge is 0.383 e. The second-order valence-corrected chi connectivity index (χ2v) is 5.13. The lowest BCUT2D eigenvalue weighted by Crippen LogP contribution is -2.38. The van der Waals surface area contributed by atoms with Gasteiger partial charge in [-0.25, -0.2) is 4.98 Å². The number of carbonyl (C=O) groups is 2. The van der Waals surface area contributed by atoms with E-state index in [9.17, 15) is 14.4 Å². The average Bonchev–Trinajstić information content (AvgIpc) is 2.60. The van der Waals surface area contributed by atoms with E-state index in [2.05, 4.69) is 15.6 Å². The molecular formula is C16H20N4O4. The summed E-state index contributed by atoms with van der Waals surface area (Å²) in [4.78, 5) is 39.7. The highest BCUT2D eigenvalue weighted by molar-refractivity contribution is 5.84. The third kappa shape index (κ3) is 4.88. The van der Waals surface area contributed by atoms with Crippen molar-refractivity contribution < 1.29 is 14.3 Å². The van der Waals surface area contributed by atoms with Gasteiger partial charge >= 0.3 is 0 Å². The summed E-state index contributed by atoms with van der Waals surface area (Å²) in [6, 6.07) is 7.04. The molecule has 0 aliphatic heterocycles. The van der Waals surface area contributed by atoms with Gasteiger partial charge in [-0.15, -0.1) is 0 Å². The van der Waals surface area contributed by atoms with Crippen molar-refractivity contribution in [1.82, 2.24) is 20.2 Å². The molecule has 0 unspecified atom stereocenters. The number of amides is 2. The van der Waals surface area contributed by atoms with Crippen LogP contribution in [0.25, 0.3) is 10.9 Å². The second kappa shape index (κ2) is 8.78. The molecule has 0 spiro atoms. The zero-order valence-corrected chi connectivity index (χ0v) is 13.4. The standard InChI is InChI=1S/C16H20N4O4/c1-24-9-7-17-15(22)10-18-14(21)6-8-20-11-19-13-5-3-2-4-12(13)16(20)23/h2-5,11H,6-10H2,1H3,(H,17,22)(H,18,21). The molecule has 0 atom stereocenters. The quantitative estimate of drug-likeness (QED) is 0.644. The third-order valence-electron chi connectivity index (χ3n) is 3.39. The van der Waals surface area contributed by atoms with Gasteiger partial charge in [0.25, 0.3) is 5.56 Å². The van der Waals surface area contributed by atoms with Crippen LogP contribution in [0.3, 0.4) is 0 Å². The first kappa shape index (κ1) is 17.6. The van der Waals surface area contributed by atoms with Gasteiger partial charge in [0.05, 0.1) is 30.4 Å². The number of hydrogen-bond donors (Lipinski definition) is 2. The van der Waals surface area contributed by atoms with E-state index in [1.807, 2.05) is 6.07 Å². The van der Waals surface area contributed by atoms with Crippen LogP contribution in [0.4, 0.5) is 0 Å². The third-order valence-corrected chi connectivity index (χ3v) is 3.39. The van der Waals surface area contributed by atoms with Crippen LogP contribution in [-0.4, -0.2) is 48.2 Å². The molecule has 1 heterocycles. The number of ether oxygens (including phenoxy) is 1. The van der Waals surface area contributed by atoms with Crippen molar-refractivity contribution in [3.8, 4) is 0 Å². The molecule has 8 nitrogen and oxygen atoms in total. The SMILES string of the molecule is COCCNC(=O)CNC(=O)CCn1cnc2ccccc2c1=O. The zero-order valence-electron chi connectivity index (χ0n) is 13.4. The highest BCUT2D eigenvalue weighted by Gasteiger charge is 2.08. The van der Waals surface area contributed by atoms with Gasteiger partial charge in [-0.3, -0.25) is 19.0 Å². The van der Waals surface area contributed by atoms with Gasteiger partial charge in [0.2, 0.25) is 11.8 Å². The normalized spacial score (nSPS) is 10.5. The Bertz CT molecular complexity index is 772. The van der Waals surface area contributed by atoms with Gasteiger partial charge < -0.3 is 15.4 Å². The van der Waals surface area contributed by atoms with Crippen molar-refractivity contribution in [2.45, 2.75) is 13.0 Å². The van der Waals surface area contributed by atoms with E-state index >= 15 is 0 Å². The van der Waals surface area contributed by atoms with Crippen molar-refractivity contribution in [2.24, 2.45) is 0 Å². The molecule has 128 valence electrons. The summed E-state index contributed by atoms with van der Waals surface area (Å²) in [6.45, 7) is 0.905. The predicted octanol–water partition coefficient (Wildman–Crippen LogP) is -0.335. The fraction of sp³-hybridized carbons (Fsp3) is 0.375. The Kier molecular flexibility index (Phi) is 6.44. The minimum Gasteiger partial charge on any atom is -0.383 e. The number of nitrogens with zero attached hydrogens (tertiary/aromatic N) is 2. The van der Waals surface area contributed by atoms with Gasteiger partial charge in [0.15, 0.2) is 0 Å². The minimum atomic E-state index is -0.308. The number of hydrogen-bond acceptors (Lipinski definition) is 5. The zero-order chi connectivity index (χ0) is 17.4. The Morgan fingerprint density at radius 3 is 2.79 bits per heavy atom. The van der Waals surface area contributed by atoms with Crippen LogP contribution in [0.1, 0.15) is 6.42 Å². The lowest BCUT2D eigenvalue weighted by molar-refractivity contribution is -0.126. The fourth-order valence-electron chi connectivity index (χ4n) is 2.11. The fourth-order valence-corrected chi connectivity index (χ4v) is 2.11. The van der Waals surface area contributed by atoms with Gasteiger partial charge in [-0.2, -0.15) is 0 Å². The first-order chi connectivity index (χ1) is 11.6. The molecule has 0 saturated heterocycles. The van der Waals surface area contributed by atoms with Crippen molar-refractivity contribution in [3.63, 3.8) is 0 Å². The Balaban J connectivity index is 1.83. The van der Waals surface area contributed by atoms with E-state index in [0.717, 1.165) is 0 Å². The van der Waals surface area contributed by atoms with Crippen LogP contribution >= 0.6 is 0 Å². The van der Waals surface area contributed by atoms with Crippen molar-refractivity contribution in [3.05, 3.63) is 40.9 Å². The van der Waals surface area contributed by atoms with Crippen molar-refractivity contribution >= 4 is 22.7 Å². The molecule has 24 heavy (non-hydrogen) atoms. The summed E-state index contributed by atoms with van der Waals surface area (Å²) < 4.78 is 6.20. The number of carbonyl (C=O) groups excluding carboxylic acids is 2. The first-order valence-electron chi connectivity index (χ1n) is 7.58. The van der Waals surface area contributed by atoms with E-state index in [1.54, 1.807) is 18.2 Å². The summed E-state index contributed by atoms with van der Waals surface area (Å²) in [7, 11) is 1.54. The number of rotatable bonds is 8. The topological polar surface area (TPSA) is 102 Å².